The number of nitriles is 2. The molecule has 0 aromatic carbocycles. The second kappa shape index (κ2) is 3.65. The van der Waals surface area contributed by atoms with Crippen molar-refractivity contribution in [2.45, 2.75) is 0 Å². The van der Waals surface area contributed by atoms with Gasteiger partial charge in [0.1, 0.15) is 29.3 Å². The summed E-state index contributed by atoms with van der Waals surface area (Å²) in [6.45, 7) is 0. The maximum Gasteiger partial charge on any atom is 0.142 e. The number of aromatic nitrogens is 2. The smallest absolute Gasteiger partial charge is 0.142 e. The van der Waals surface area contributed by atoms with Crippen molar-refractivity contribution in [1.82, 2.24) is 9.55 Å². The lowest BCUT2D eigenvalue weighted by molar-refractivity contribution is 0.982. The number of hydrogen-bond donors (Lipinski definition) is 0. The van der Waals surface area contributed by atoms with Gasteiger partial charge in [0.25, 0.3) is 0 Å². The molecule has 2 aromatic rings. The van der Waals surface area contributed by atoms with Crippen molar-refractivity contribution in [2.75, 3.05) is 0 Å². The van der Waals surface area contributed by atoms with E-state index in [4.69, 9.17) is 10.5 Å². The summed E-state index contributed by atoms with van der Waals surface area (Å²) in [5.74, 6) is 0.579. The molecule has 0 bridgehead atoms. The first-order valence-electron chi connectivity index (χ1n) is 4.30. The highest BCUT2D eigenvalue weighted by atomic mass is 15.1. The molecule has 0 spiro atoms. The Bertz CT molecular complexity index is 569. The molecule has 2 aromatic heterocycles. The SMILES string of the molecule is N#Cc1cccc(-n2cccc2C#N)n1. The van der Waals surface area contributed by atoms with Crippen molar-refractivity contribution in [3.63, 3.8) is 0 Å². The third-order valence-electron chi connectivity index (χ3n) is 1.96. The zero-order valence-corrected chi connectivity index (χ0v) is 7.75. The Labute approximate surface area is 86.6 Å². The quantitative estimate of drug-likeness (QED) is 0.692. The van der Waals surface area contributed by atoms with Crippen LogP contribution in [-0.4, -0.2) is 9.55 Å². The molecule has 0 saturated carbocycles. The maximum absolute atomic E-state index is 8.83. The average Bonchev–Trinajstić information content (AvgIpc) is 2.77. The summed E-state index contributed by atoms with van der Waals surface area (Å²) >= 11 is 0. The molecule has 2 heterocycles. The largest absolute Gasteiger partial charge is 0.293 e. The topological polar surface area (TPSA) is 65.4 Å². The van der Waals surface area contributed by atoms with Gasteiger partial charge in [0, 0.05) is 6.20 Å². The second-order valence-electron chi connectivity index (χ2n) is 2.87. The minimum Gasteiger partial charge on any atom is -0.293 e. The second-order valence-corrected chi connectivity index (χ2v) is 2.87. The third kappa shape index (κ3) is 1.56. The molecule has 0 aliphatic rings. The van der Waals surface area contributed by atoms with E-state index in [1.807, 2.05) is 6.07 Å². The van der Waals surface area contributed by atoms with Gasteiger partial charge in [0.05, 0.1) is 0 Å². The number of hydrogen-bond acceptors (Lipinski definition) is 3. The van der Waals surface area contributed by atoms with Gasteiger partial charge in [-0.3, -0.25) is 4.57 Å². The zero-order chi connectivity index (χ0) is 10.7. The van der Waals surface area contributed by atoms with Gasteiger partial charge in [-0.05, 0) is 24.3 Å². The number of pyridine rings is 1. The van der Waals surface area contributed by atoms with Crippen LogP contribution in [0.3, 0.4) is 0 Å². The Morgan fingerprint density at radius 3 is 2.67 bits per heavy atom. The van der Waals surface area contributed by atoms with Crippen molar-refractivity contribution < 1.29 is 0 Å². The van der Waals surface area contributed by atoms with Crippen LogP contribution >= 0.6 is 0 Å². The van der Waals surface area contributed by atoms with Crippen LogP contribution in [-0.2, 0) is 0 Å². The minimum absolute atomic E-state index is 0.338. The lowest BCUT2D eigenvalue weighted by atomic mass is 10.3. The number of rotatable bonds is 1. The molecule has 2 rings (SSSR count). The molecular formula is C11H6N4. The van der Waals surface area contributed by atoms with Crippen LogP contribution in [0.4, 0.5) is 0 Å². The van der Waals surface area contributed by atoms with Crippen LogP contribution in [0.2, 0.25) is 0 Å². The standard InChI is InChI=1S/C11H6N4/c12-7-9-3-1-5-11(14-9)15-6-2-4-10(15)8-13/h1-6H. The summed E-state index contributed by atoms with van der Waals surface area (Å²) in [7, 11) is 0. The van der Waals surface area contributed by atoms with E-state index < -0.39 is 0 Å². The van der Waals surface area contributed by atoms with Crippen LogP contribution in [0.1, 0.15) is 11.4 Å². The fourth-order valence-corrected chi connectivity index (χ4v) is 1.29. The van der Waals surface area contributed by atoms with E-state index in [2.05, 4.69) is 11.1 Å². The van der Waals surface area contributed by atoms with Crippen molar-refractivity contribution in [1.29, 1.82) is 10.5 Å². The first-order chi connectivity index (χ1) is 7.35. The summed E-state index contributed by atoms with van der Waals surface area (Å²) in [5.41, 5.74) is 0.836. The van der Waals surface area contributed by atoms with Crippen molar-refractivity contribution in [3.8, 4) is 18.0 Å². The van der Waals surface area contributed by atoms with E-state index >= 15 is 0 Å². The highest BCUT2D eigenvalue weighted by Crippen LogP contribution is 2.09. The fourth-order valence-electron chi connectivity index (χ4n) is 1.29. The molecule has 0 atom stereocenters. The Balaban J connectivity index is 2.56. The van der Waals surface area contributed by atoms with E-state index in [1.165, 1.54) is 0 Å². The highest BCUT2D eigenvalue weighted by Gasteiger charge is 2.03. The molecule has 15 heavy (non-hydrogen) atoms. The maximum atomic E-state index is 8.83. The van der Waals surface area contributed by atoms with Crippen LogP contribution in [0.25, 0.3) is 5.82 Å². The Morgan fingerprint density at radius 2 is 1.93 bits per heavy atom. The van der Waals surface area contributed by atoms with E-state index in [0.29, 0.717) is 17.2 Å². The van der Waals surface area contributed by atoms with Crippen LogP contribution in [0.15, 0.2) is 36.5 Å². The predicted octanol–water partition coefficient (Wildman–Crippen LogP) is 1.62. The summed E-state index contributed by atoms with van der Waals surface area (Å²) in [6.07, 6.45) is 1.74. The Hall–Kier alpha value is -2.59. The van der Waals surface area contributed by atoms with Gasteiger partial charge in [-0.25, -0.2) is 4.98 Å². The van der Waals surface area contributed by atoms with Crippen molar-refractivity contribution in [2.24, 2.45) is 0 Å². The molecule has 0 aliphatic carbocycles. The van der Waals surface area contributed by atoms with Gasteiger partial charge in [-0.15, -0.1) is 0 Å². The molecule has 0 aliphatic heterocycles. The molecule has 0 N–H and O–H groups in total. The monoisotopic (exact) mass is 194 g/mol. The van der Waals surface area contributed by atoms with Crippen molar-refractivity contribution in [3.05, 3.63) is 47.9 Å². The van der Waals surface area contributed by atoms with Gasteiger partial charge < -0.3 is 0 Å². The molecular weight excluding hydrogens is 188 g/mol. The lowest BCUT2D eigenvalue weighted by Gasteiger charge is -2.02. The van der Waals surface area contributed by atoms with Crippen molar-refractivity contribution >= 4 is 0 Å². The molecule has 0 radical (unpaired) electrons. The minimum atomic E-state index is 0.338. The molecule has 0 saturated heterocycles. The first kappa shape index (κ1) is 8.98. The van der Waals surface area contributed by atoms with Gasteiger partial charge in [-0.2, -0.15) is 10.5 Å². The third-order valence-corrected chi connectivity index (χ3v) is 1.96. The van der Waals surface area contributed by atoms with Gasteiger partial charge in [0.2, 0.25) is 0 Å². The summed E-state index contributed by atoms with van der Waals surface area (Å²) in [6, 6.07) is 12.6. The molecule has 0 unspecified atom stereocenters. The van der Waals surface area contributed by atoms with E-state index in [0.717, 1.165) is 0 Å². The lowest BCUT2D eigenvalue weighted by Crippen LogP contribution is -1.99. The average molecular weight is 194 g/mol. The number of nitrogens with zero attached hydrogens (tertiary/aromatic N) is 4. The summed E-state index contributed by atoms with van der Waals surface area (Å²) in [5, 5.41) is 17.5. The molecule has 0 fully saturated rings. The Kier molecular flexibility index (Phi) is 2.19. The van der Waals surface area contributed by atoms with Gasteiger partial charge >= 0.3 is 0 Å². The summed E-state index contributed by atoms with van der Waals surface area (Å²) in [4.78, 5) is 4.09. The van der Waals surface area contributed by atoms with Crippen LogP contribution < -0.4 is 0 Å². The van der Waals surface area contributed by atoms with Gasteiger partial charge in [0.15, 0.2) is 0 Å². The van der Waals surface area contributed by atoms with E-state index in [9.17, 15) is 0 Å². The normalized spacial score (nSPS) is 9.20. The van der Waals surface area contributed by atoms with Crippen LogP contribution in [0.5, 0.6) is 0 Å². The van der Waals surface area contributed by atoms with E-state index in [-0.39, 0.29) is 0 Å². The van der Waals surface area contributed by atoms with Crippen LogP contribution in [0, 0.1) is 22.7 Å². The molecule has 0 amide bonds. The molecule has 4 heteroatoms. The van der Waals surface area contributed by atoms with Gasteiger partial charge in [-0.1, -0.05) is 6.07 Å². The zero-order valence-electron chi connectivity index (χ0n) is 7.75. The highest BCUT2D eigenvalue weighted by molar-refractivity contribution is 5.36. The molecule has 70 valence electrons. The summed E-state index contributed by atoms with van der Waals surface area (Å²) < 4.78 is 1.64. The fraction of sp³-hybridized carbons (Fsp3) is 0. The van der Waals surface area contributed by atoms with E-state index in [1.54, 1.807) is 41.1 Å². The first-order valence-corrected chi connectivity index (χ1v) is 4.30. The predicted molar refractivity (Wildman–Crippen MR) is 53.0 cm³/mol. The molecule has 4 nitrogen and oxygen atoms in total. The Morgan fingerprint density at radius 1 is 1.07 bits per heavy atom.